The Morgan fingerprint density at radius 1 is 1.24 bits per heavy atom. The van der Waals surface area contributed by atoms with Crippen LogP contribution in [-0.4, -0.2) is 37.0 Å². The van der Waals surface area contributed by atoms with Gasteiger partial charge >= 0.3 is 0 Å². The van der Waals surface area contributed by atoms with Crippen LogP contribution in [-0.2, 0) is 11.2 Å². The van der Waals surface area contributed by atoms with Crippen LogP contribution in [0.15, 0.2) is 30.3 Å². The smallest absolute Gasteiger partial charge is 0.236 e. The first kappa shape index (κ1) is 16.0. The lowest BCUT2D eigenvalue weighted by molar-refractivity contribution is -0.131. The van der Waals surface area contributed by atoms with Gasteiger partial charge in [-0.2, -0.15) is 0 Å². The number of hydrogen-bond donors (Lipinski definition) is 1. The molecule has 0 aliphatic carbocycles. The maximum atomic E-state index is 12.1. The summed E-state index contributed by atoms with van der Waals surface area (Å²) < 4.78 is 0. The minimum absolute atomic E-state index is 0.258. The maximum absolute atomic E-state index is 12.1. The number of carbonyl (C=O) groups is 1. The van der Waals surface area contributed by atoms with Crippen LogP contribution in [0, 0.1) is 11.8 Å². The van der Waals surface area contributed by atoms with Gasteiger partial charge in [0.25, 0.3) is 0 Å². The minimum atomic E-state index is 0.258. The Kier molecular flexibility index (Phi) is 6.24. The fraction of sp³-hybridized carbons (Fsp3) is 0.611. The van der Waals surface area contributed by atoms with Gasteiger partial charge in [-0.25, -0.2) is 0 Å². The van der Waals surface area contributed by atoms with Crippen molar-refractivity contribution in [2.75, 3.05) is 26.2 Å². The van der Waals surface area contributed by atoms with Crippen molar-refractivity contribution in [2.24, 2.45) is 11.8 Å². The molecule has 0 atom stereocenters. The lowest BCUT2D eigenvalue weighted by Gasteiger charge is -2.32. The van der Waals surface area contributed by atoms with E-state index in [9.17, 15) is 4.79 Å². The Bertz CT molecular complexity index is 422. The van der Waals surface area contributed by atoms with Crippen molar-refractivity contribution in [3.63, 3.8) is 0 Å². The molecule has 0 radical (unpaired) electrons. The van der Waals surface area contributed by atoms with Gasteiger partial charge in [0.1, 0.15) is 0 Å². The van der Waals surface area contributed by atoms with E-state index in [1.807, 2.05) is 4.90 Å². The van der Waals surface area contributed by atoms with Gasteiger partial charge in [-0.15, -0.1) is 0 Å². The summed E-state index contributed by atoms with van der Waals surface area (Å²) in [7, 11) is 0. The molecule has 116 valence electrons. The zero-order chi connectivity index (χ0) is 15.1. The molecule has 0 unspecified atom stereocenters. The zero-order valence-electron chi connectivity index (χ0n) is 13.3. The standard InChI is InChI=1S/C18H28N2O/c1-15(2)13-19-14-18(21)20-10-8-17(9-11-20)12-16-6-4-3-5-7-16/h3-7,15,17,19H,8-14H2,1-2H3. The van der Waals surface area contributed by atoms with Gasteiger partial charge in [-0.05, 0) is 43.2 Å². The second-order valence-electron chi connectivity index (χ2n) is 6.54. The molecular weight excluding hydrogens is 260 g/mol. The van der Waals surface area contributed by atoms with E-state index in [1.165, 1.54) is 5.56 Å². The number of benzene rings is 1. The van der Waals surface area contributed by atoms with Crippen molar-refractivity contribution in [1.29, 1.82) is 0 Å². The van der Waals surface area contributed by atoms with Crippen LogP contribution in [0.25, 0.3) is 0 Å². The third kappa shape index (κ3) is 5.50. The van der Waals surface area contributed by atoms with E-state index in [4.69, 9.17) is 0 Å². The molecule has 0 bridgehead atoms. The van der Waals surface area contributed by atoms with E-state index in [-0.39, 0.29) is 5.91 Å². The van der Waals surface area contributed by atoms with E-state index < -0.39 is 0 Å². The number of amides is 1. The summed E-state index contributed by atoms with van der Waals surface area (Å²) >= 11 is 0. The molecule has 1 heterocycles. The molecule has 1 saturated heterocycles. The van der Waals surface area contributed by atoms with E-state index in [2.05, 4.69) is 49.5 Å². The molecule has 1 amide bonds. The molecule has 0 saturated carbocycles. The van der Waals surface area contributed by atoms with Gasteiger partial charge in [0.05, 0.1) is 6.54 Å². The summed E-state index contributed by atoms with van der Waals surface area (Å²) in [6, 6.07) is 10.7. The maximum Gasteiger partial charge on any atom is 0.236 e. The Balaban J connectivity index is 1.69. The highest BCUT2D eigenvalue weighted by Gasteiger charge is 2.22. The van der Waals surface area contributed by atoms with E-state index >= 15 is 0 Å². The monoisotopic (exact) mass is 288 g/mol. The van der Waals surface area contributed by atoms with Gasteiger partial charge in [0, 0.05) is 13.1 Å². The third-order valence-electron chi connectivity index (χ3n) is 4.16. The first-order valence-corrected chi connectivity index (χ1v) is 8.17. The number of hydrogen-bond acceptors (Lipinski definition) is 2. The summed E-state index contributed by atoms with van der Waals surface area (Å²) in [5.74, 6) is 1.57. The van der Waals surface area contributed by atoms with E-state index in [0.717, 1.165) is 44.8 Å². The molecule has 0 aromatic heterocycles. The van der Waals surface area contributed by atoms with Crippen molar-refractivity contribution < 1.29 is 4.79 Å². The molecule has 1 aromatic rings. The molecule has 1 fully saturated rings. The lowest BCUT2D eigenvalue weighted by atomic mass is 9.90. The molecule has 0 spiro atoms. The van der Waals surface area contributed by atoms with Crippen molar-refractivity contribution in [3.05, 3.63) is 35.9 Å². The van der Waals surface area contributed by atoms with Crippen LogP contribution in [0.5, 0.6) is 0 Å². The van der Waals surface area contributed by atoms with Gasteiger partial charge in [0.2, 0.25) is 5.91 Å². The van der Waals surface area contributed by atoms with Crippen LogP contribution in [0.3, 0.4) is 0 Å². The van der Waals surface area contributed by atoms with Crippen LogP contribution < -0.4 is 5.32 Å². The predicted octanol–water partition coefficient (Wildman–Crippen LogP) is 2.71. The second-order valence-corrected chi connectivity index (χ2v) is 6.54. The van der Waals surface area contributed by atoms with E-state index in [1.54, 1.807) is 0 Å². The largest absolute Gasteiger partial charge is 0.342 e. The number of rotatable bonds is 6. The Morgan fingerprint density at radius 2 is 1.90 bits per heavy atom. The molecule has 1 aliphatic heterocycles. The van der Waals surface area contributed by atoms with Crippen molar-refractivity contribution in [3.8, 4) is 0 Å². The van der Waals surface area contributed by atoms with Crippen LogP contribution in [0.2, 0.25) is 0 Å². The van der Waals surface area contributed by atoms with Crippen molar-refractivity contribution in [1.82, 2.24) is 10.2 Å². The Hall–Kier alpha value is -1.35. The lowest BCUT2D eigenvalue weighted by Crippen LogP contribution is -2.43. The van der Waals surface area contributed by atoms with Crippen LogP contribution >= 0.6 is 0 Å². The second kappa shape index (κ2) is 8.18. The van der Waals surface area contributed by atoms with Crippen LogP contribution in [0.1, 0.15) is 32.3 Å². The quantitative estimate of drug-likeness (QED) is 0.873. The molecule has 1 aromatic carbocycles. The molecule has 1 aliphatic rings. The highest BCUT2D eigenvalue weighted by Crippen LogP contribution is 2.21. The number of carbonyl (C=O) groups excluding carboxylic acids is 1. The van der Waals surface area contributed by atoms with Gasteiger partial charge < -0.3 is 10.2 Å². The number of nitrogens with zero attached hydrogens (tertiary/aromatic N) is 1. The third-order valence-corrected chi connectivity index (χ3v) is 4.16. The van der Waals surface area contributed by atoms with Gasteiger partial charge in [0.15, 0.2) is 0 Å². The molecule has 1 N–H and O–H groups in total. The molecule has 3 nitrogen and oxygen atoms in total. The highest BCUT2D eigenvalue weighted by atomic mass is 16.2. The number of likely N-dealkylation sites (tertiary alicyclic amines) is 1. The average Bonchev–Trinajstić information content (AvgIpc) is 2.48. The Labute approximate surface area is 128 Å². The number of nitrogens with one attached hydrogen (secondary N) is 1. The summed E-state index contributed by atoms with van der Waals surface area (Å²) in [4.78, 5) is 14.1. The predicted molar refractivity (Wildman–Crippen MR) is 87.2 cm³/mol. The summed E-state index contributed by atoms with van der Waals surface area (Å²) in [6.45, 7) is 7.55. The normalized spacial score (nSPS) is 16.4. The minimum Gasteiger partial charge on any atom is -0.342 e. The summed E-state index contributed by atoms with van der Waals surface area (Å²) in [5, 5.41) is 3.24. The first-order chi connectivity index (χ1) is 10.1. The molecule has 21 heavy (non-hydrogen) atoms. The van der Waals surface area contributed by atoms with Crippen molar-refractivity contribution in [2.45, 2.75) is 33.1 Å². The highest BCUT2D eigenvalue weighted by molar-refractivity contribution is 5.78. The first-order valence-electron chi connectivity index (χ1n) is 8.17. The topological polar surface area (TPSA) is 32.3 Å². The van der Waals surface area contributed by atoms with Crippen molar-refractivity contribution >= 4 is 5.91 Å². The summed E-state index contributed by atoms with van der Waals surface area (Å²) in [5.41, 5.74) is 1.42. The molecular formula is C18H28N2O. The van der Waals surface area contributed by atoms with E-state index in [0.29, 0.717) is 12.5 Å². The molecule has 2 rings (SSSR count). The average molecular weight is 288 g/mol. The van der Waals surface area contributed by atoms with Gasteiger partial charge in [-0.3, -0.25) is 4.79 Å². The van der Waals surface area contributed by atoms with Gasteiger partial charge in [-0.1, -0.05) is 44.2 Å². The summed E-state index contributed by atoms with van der Waals surface area (Å²) in [6.07, 6.45) is 3.41. The fourth-order valence-electron chi connectivity index (χ4n) is 2.91. The Morgan fingerprint density at radius 3 is 2.52 bits per heavy atom. The fourth-order valence-corrected chi connectivity index (χ4v) is 2.91. The zero-order valence-corrected chi connectivity index (χ0v) is 13.3. The number of piperidine rings is 1. The SMILES string of the molecule is CC(C)CNCC(=O)N1CCC(Cc2ccccc2)CC1. The molecule has 3 heteroatoms. The van der Waals surface area contributed by atoms with Crippen LogP contribution in [0.4, 0.5) is 0 Å².